The number of allylic oxidation sites excluding steroid dienone is 5. The minimum atomic E-state index is 0.508. The Morgan fingerprint density at radius 3 is 2.67 bits per heavy atom. The second-order valence-electron chi connectivity index (χ2n) is 2.11. The fraction of sp³-hybridized carbons (Fsp3) is 0.100. The van der Waals surface area contributed by atoms with Crippen LogP contribution in [-0.2, 0) is 4.74 Å². The van der Waals surface area contributed by atoms with Crippen molar-refractivity contribution in [3.05, 3.63) is 49.0 Å². The van der Waals surface area contributed by atoms with Gasteiger partial charge in [0.2, 0.25) is 0 Å². The smallest absolute Gasteiger partial charge is 0.119 e. The van der Waals surface area contributed by atoms with Crippen LogP contribution < -0.4 is 0 Å². The summed E-state index contributed by atoms with van der Waals surface area (Å²) in [6.07, 6.45) is 7.71. The van der Waals surface area contributed by atoms with Gasteiger partial charge in [0.1, 0.15) is 11.5 Å². The first-order chi connectivity index (χ1) is 5.70. The Hall–Kier alpha value is -1.57. The summed E-state index contributed by atoms with van der Waals surface area (Å²) < 4.78 is 5.20. The van der Waals surface area contributed by atoms with Crippen LogP contribution in [-0.4, -0.2) is 6.21 Å². The van der Waals surface area contributed by atoms with Crippen LogP contribution in [0.2, 0.25) is 0 Å². The summed E-state index contributed by atoms with van der Waals surface area (Å²) in [7, 11) is 0. The molecule has 0 radical (unpaired) electrons. The minimum absolute atomic E-state index is 0.508. The topological polar surface area (TPSA) is 33.1 Å². The lowest BCUT2D eigenvalue weighted by Gasteiger charge is -2.02. The van der Waals surface area contributed by atoms with Crippen molar-refractivity contribution in [1.29, 1.82) is 5.41 Å². The van der Waals surface area contributed by atoms with Crippen LogP contribution in [0.15, 0.2) is 49.0 Å². The molecule has 0 atom stereocenters. The van der Waals surface area contributed by atoms with Crippen molar-refractivity contribution in [2.45, 2.75) is 6.92 Å². The summed E-state index contributed by atoms with van der Waals surface area (Å²) in [4.78, 5) is 0. The summed E-state index contributed by atoms with van der Waals surface area (Å²) in [5.41, 5.74) is 0. The summed E-state index contributed by atoms with van der Waals surface area (Å²) in [5.74, 6) is 1.23. The number of rotatable bonds is 5. The molecule has 2 nitrogen and oxygen atoms in total. The molecule has 0 rings (SSSR count). The first kappa shape index (κ1) is 10.4. The van der Waals surface area contributed by atoms with Crippen molar-refractivity contribution in [3.8, 4) is 0 Å². The van der Waals surface area contributed by atoms with Crippen molar-refractivity contribution in [2.24, 2.45) is 0 Å². The Balaban J connectivity index is 4.00. The van der Waals surface area contributed by atoms with Crippen LogP contribution in [0.5, 0.6) is 0 Å². The average Bonchev–Trinajstić information content (AvgIpc) is 2.01. The van der Waals surface area contributed by atoms with Crippen LogP contribution in [0.25, 0.3) is 0 Å². The first-order valence-electron chi connectivity index (χ1n) is 3.54. The molecule has 0 spiro atoms. The molecule has 0 amide bonds. The predicted molar refractivity (Wildman–Crippen MR) is 52.1 cm³/mol. The third kappa shape index (κ3) is 5.23. The molecule has 0 saturated carbocycles. The van der Waals surface area contributed by atoms with Gasteiger partial charge in [-0.25, -0.2) is 0 Å². The molecule has 12 heavy (non-hydrogen) atoms. The molecule has 64 valence electrons. The molecule has 0 unspecified atom stereocenters. The van der Waals surface area contributed by atoms with Crippen LogP contribution in [0.3, 0.4) is 0 Å². The molecule has 0 heterocycles. The standard InChI is InChI=1S/C10H13NO/c1-4-6-9(2)12-10(3)7-5-8-11/h4-8,11H,1,3H2,2H3/b7-5-,9-6+,11-8?. The van der Waals surface area contributed by atoms with E-state index in [0.717, 1.165) is 5.76 Å². The third-order valence-electron chi connectivity index (χ3n) is 1.02. The van der Waals surface area contributed by atoms with E-state index < -0.39 is 0 Å². The molecule has 0 aliphatic carbocycles. The Bertz CT molecular complexity index is 236. The van der Waals surface area contributed by atoms with Crippen molar-refractivity contribution in [1.82, 2.24) is 0 Å². The zero-order valence-electron chi connectivity index (χ0n) is 7.21. The van der Waals surface area contributed by atoms with Crippen molar-refractivity contribution < 1.29 is 4.74 Å². The van der Waals surface area contributed by atoms with Gasteiger partial charge in [-0.2, -0.15) is 0 Å². The van der Waals surface area contributed by atoms with Gasteiger partial charge in [0.25, 0.3) is 0 Å². The maximum atomic E-state index is 6.72. The van der Waals surface area contributed by atoms with E-state index in [-0.39, 0.29) is 0 Å². The number of hydrogen-bond donors (Lipinski definition) is 1. The Kier molecular flexibility index (Phi) is 5.35. The zero-order valence-corrected chi connectivity index (χ0v) is 7.21. The molecular formula is C10H13NO. The van der Waals surface area contributed by atoms with Crippen LogP contribution in [0.1, 0.15) is 6.92 Å². The van der Waals surface area contributed by atoms with Gasteiger partial charge in [-0.3, -0.25) is 0 Å². The number of nitrogens with one attached hydrogen (secondary N) is 1. The SMILES string of the molecule is C=C/C=C(\C)OC(=C)/C=C\C=N. The average molecular weight is 163 g/mol. The van der Waals surface area contributed by atoms with Gasteiger partial charge in [-0.05, 0) is 25.2 Å². The summed E-state index contributed by atoms with van der Waals surface area (Å²) in [6, 6.07) is 0. The summed E-state index contributed by atoms with van der Waals surface area (Å²) >= 11 is 0. The normalized spacial score (nSPS) is 11.2. The quantitative estimate of drug-likeness (QED) is 0.377. The van der Waals surface area contributed by atoms with Crippen LogP contribution >= 0.6 is 0 Å². The lowest BCUT2D eigenvalue weighted by Crippen LogP contribution is -1.84. The van der Waals surface area contributed by atoms with E-state index in [1.54, 1.807) is 24.3 Å². The minimum Gasteiger partial charge on any atom is -0.463 e. The van der Waals surface area contributed by atoms with Gasteiger partial charge in [0.15, 0.2) is 0 Å². The maximum Gasteiger partial charge on any atom is 0.119 e. The molecule has 0 aromatic carbocycles. The van der Waals surface area contributed by atoms with Gasteiger partial charge in [0, 0.05) is 6.21 Å². The van der Waals surface area contributed by atoms with E-state index in [4.69, 9.17) is 10.1 Å². The number of hydrogen-bond acceptors (Lipinski definition) is 2. The third-order valence-corrected chi connectivity index (χ3v) is 1.02. The van der Waals surface area contributed by atoms with E-state index in [1.165, 1.54) is 6.21 Å². The largest absolute Gasteiger partial charge is 0.463 e. The molecular weight excluding hydrogens is 150 g/mol. The van der Waals surface area contributed by atoms with Crippen LogP contribution in [0, 0.1) is 5.41 Å². The zero-order chi connectivity index (χ0) is 9.40. The highest BCUT2D eigenvalue weighted by molar-refractivity contribution is 5.68. The highest BCUT2D eigenvalue weighted by atomic mass is 16.5. The van der Waals surface area contributed by atoms with Gasteiger partial charge in [-0.1, -0.05) is 19.2 Å². The summed E-state index contributed by atoms with van der Waals surface area (Å²) in [6.45, 7) is 8.97. The van der Waals surface area contributed by atoms with Crippen molar-refractivity contribution in [3.63, 3.8) is 0 Å². The highest BCUT2D eigenvalue weighted by Gasteiger charge is 1.88. The molecule has 2 heteroatoms. The predicted octanol–water partition coefficient (Wildman–Crippen LogP) is 2.81. The number of ether oxygens (including phenoxy) is 1. The Morgan fingerprint density at radius 1 is 1.50 bits per heavy atom. The van der Waals surface area contributed by atoms with Gasteiger partial charge in [-0.15, -0.1) is 0 Å². The maximum absolute atomic E-state index is 6.72. The Morgan fingerprint density at radius 2 is 2.17 bits per heavy atom. The van der Waals surface area contributed by atoms with Crippen LogP contribution in [0.4, 0.5) is 0 Å². The summed E-state index contributed by atoms with van der Waals surface area (Å²) in [5, 5.41) is 6.72. The lowest BCUT2D eigenvalue weighted by molar-refractivity contribution is 0.324. The fourth-order valence-corrected chi connectivity index (χ4v) is 0.596. The van der Waals surface area contributed by atoms with E-state index in [1.807, 2.05) is 6.92 Å². The molecule has 0 aliphatic rings. The first-order valence-corrected chi connectivity index (χ1v) is 3.54. The van der Waals surface area contributed by atoms with Gasteiger partial charge >= 0.3 is 0 Å². The van der Waals surface area contributed by atoms with Gasteiger partial charge in [0.05, 0.1) is 0 Å². The van der Waals surface area contributed by atoms with Gasteiger partial charge < -0.3 is 10.1 Å². The highest BCUT2D eigenvalue weighted by Crippen LogP contribution is 2.04. The molecule has 0 aromatic heterocycles. The van der Waals surface area contributed by atoms with Crippen molar-refractivity contribution >= 4 is 6.21 Å². The monoisotopic (exact) mass is 163 g/mol. The van der Waals surface area contributed by atoms with E-state index >= 15 is 0 Å². The molecule has 1 N–H and O–H groups in total. The molecule has 0 aromatic rings. The second-order valence-corrected chi connectivity index (χ2v) is 2.11. The van der Waals surface area contributed by atoms with Crippen molar-refractivity contribution in [2.75, 3.05) is 0 Å². The Labute approximate surface area is 73.1 Å². The van der Waals surface area contributed by atoms with E-state index in [0.29, 0.717) is 5.76 Å². The fourth-order valence-electron chi connectivity index (χ4n) is 0.596. The molecule has 0 aliphatic heterocycles. The van der Waals surface area contributed by atoms with E-state index in [9.17, 15) is 0 Å². The van der Waals surface area contributed by atoms with E-state index in [2.05, 4.69) is 13.2 Å². The lowest BCUT2D eigenvalue weighted by atomic mass is 10.4. The molecule has 0 fully saturated rings. The molecule has 0 bridgehead atoms. The molecule has 0 saturated heterocycles. The second kappa shape index (κ2) is 6.16.